The van der Waals surface area contributed by atoms with Gasteiger partial charge in [0.2, 0.25) is 0 Å². The average Bonchev–Trinajstić information content (AvgIpc) is 3.15. The van der Waals surface area contributed by atoms with Gasteiger partial charge in [-0.2, -0.15) is 0 Å². The molecule has 8 rings (SSSR count). The van der Waals surface area contributed by atoms with Gasteiger partial charge in [0.25, 0.3) is 0 Å². The highest BCUT2D eigenvalue weighted by Gasteiger charge is 2.23. The third-order valence-corrected chi connectivity index (χ3v) is 14.7. The number of rotatable bonds is 8. The molecule has 5 heteroatoms. The lowest BCUT2D eigenvalue weighted by atomic mass is 9.91. The van der Waals surface area contributed by atoms with E-state index in [0.29, 0.717) is 5.69 Å². The standard InChI is InChI=1S/C48H45N3Si2/c1-33-9-17-37(18-10-33)50(39-21-25-41(26-22-39)52(3,4)5)45-31-13-34-12-30-44-46(32-14-35-11-29-43(45)47(34)48(35)44)51(38-19-15-36(49-2)16-20-38)40-23-27-42(28-24-40)53(6,7)8/h9-32H,1,3-8H3. The third kappa shape index (κ3) is 6.29. The van der Waals surface area contributed by atoms with Crippen LogP contribution in [0.4, 0.5) is 39.8 Å². The first-order valence-corrected chi connectivity index (χ1v) is 25.5. The van der Waals surface area contributed by atoms with Crippen LogP contribution >= 0.6 is 0 Å². The summed E-state index contributed by atoms with van der Waals surface area (Å²) in [6, 6.07) is 53.6. The monoisotopic (exact) mass is 719 g/mol. The molecule has 8 aromatic rings. The Labute approximate surface area is 315 Å². The summed E-state index contributed by atoms with van der Waals surface area (Å²) in [5.41, 5.74) is 8.59. The predicted molar refractivity (Wildman–Crippen MR) is 236 cm³/mol. The van der Waals surface area contributed by atoms with Crippen molar-refractivity contribution in [1.82, 2.24) is 0 Å². The smallest absolute Gasteiger partial charge is 0.187 e. The molecule has 0 spiro atoms. The van der Waals surface area contributed by atoms with Crippen LogP contribution in [0.25, 0.3) is 37.2 Å². The molecule has 0 saturated carbocycles. The molecule has 53 heavy (non-hydrogen) atoms. The van der Waals surface area contributed by atoms with Crippen molar-refractivity contribution in [1.29, 1.82) is 0 Å². The van der Waals surface area contributed by atoms with Crippen molar-refractivity contribution >= 4 is 98.7 Å². The molecule has 0 aromatic heterocycles. The largest absolute Gasteiger partial charge is 0.310 e. The Morgan fingerprint density at radius 2 is 0.755 bits per heavy atom. The minimum Gasteiger partial charge on any atom is -0.310 e. The van der Waals surface area contributed by atoms with Crippen LogP contribution in [0, 0.1) is 13.5 Å². The Bertz CT molecular complexity index is 2620. The molecule has 0 fully saturated rings. The summed E-state index contributed by atoms with van der Waals surface area (Å²) >= 11 is 0. The van der Waals surface area contributed by atoms with Gasteiger partial charge in [-0.25, -0.2) is 4.85 Å². The van der Waals surface area contributed by atoms with Crippen LogP contribution in [0.5, 0.6) is 0 Å². The first-order valence-electron chi connectivity index (χ1n) is 18.5. The molecule has 0 unspecified atom stereocenters. The molecule has 3 nitrogen and oxygen atoms in total. The minimum absolute atomic E-state index is 0.638. The fourth-order valence-electron chi connectivity index (χ4n) is 7.61. The number of anilines is 6. The first-order chi connectivity index (χ1) is 25.4. The number of aryl methyl sites for hydroxylation is 1. The van der Waals surface area contributed by atoms with Crippen molar-refractivity contribution in [2.75, 3.05) is 9.80 Å². The van der Waals surface area contributed by atoms with E-state index in [2.05, 4.69) is 194 Å². The maximum Gasteiger partial charge on any atom is 0.187 e. The lowest BCUT2D eigenvalue weighted by Crippen LogP contribution is -2.37. The molecule has 0 N–H and O–H groups in total. The van der Waals surface area contributed by atoms with E-state index in [4.69, 9.17) is 6.57 Å². The molecule has 0 atom stereocenters. The molecule has 0 heterocycles. The molecule has 0 aliphatic rings. The van der Waals surface area contributed by atoms with Crippen molar-refractivity contribution in [3.63, 3.8) is 0 Å². The summed E-state index contributed by atoms with van der Waals surface area (Å²) < 4.78 is 0. The number of hydrogen-bond donors (Lipinski definition) is 0. The van der Waals surface area contributed by atoms with Gasteiger partial charge in [-0.15, -0.1) is 0 Å². The van der Waals surface area contributed by atoms with Gasteiger partial charge in [-0.05, 0) is 89.1 Å². The Morgan fingerprint density at radius 3 is 1.11 bits per heavy atom. The highest BCUT2D eigenvalue weighted by molar-refractivity contribution is 6.89. The van der Waals surface area contributed by atoms with Gasteiger partial charge < -0.3 is 9.80 Å². The Balaban J connectivity index is 1.36. The van der Waals surface area contributed by atoms with E-state index in [9.17, 15) is 0 Å². The highest BCUT2D eigenvalue weighted by Crippen LogP contribution is 2.47. The van der Waals surface area contributed by atoms with E-state index in [-0.39, 0.29) is 0 Å². The first kappa shape index (κ1) is 34.4. The van der Waals surface area contributed by atoms with Gasteiger partial charge >= 0.3 is 0 Å². The van der Waals surface area contributed by atoms with E-state index < -0.39 is 16.1 Å². The summed E-state index contributed by atoms with van der Waals surface area (Å²) in [5, 5.41) is 10.3. The van der Waals surface area contributed by atoms with Crippen molar-refractivity contribution in [2.45, 2.75) is 46.2 Å². The van der Waals surface area contributed by atoms with Crippen molar-refractivity contribution < 1.29 is 0 Å². The normalized spacial score (nSPS) is 12.0. The van der Waals surface area contributed by atoms with Crippen molar-refractivity contribution in [2.24, 2.45) is 0 Å². The average molecular weight is 720 g/mol. The molecular formula is C48H45N3Si2. The van der Waals surface area contributed by atoms with Gasteiger partial charge in [-0.3, -0.25) is 0 Å². The highest BCUT2D eigenvalue weighted by atomic mass is 28.3. The van der Waals surface area contributed by atoms with Crippen LogP contribution < -0.4 is 20.2 Å². The lowest BCUT2D eigenvalue weighted by molar-refractivity contribution is 1.29. The van der Waals surface area contributed by atoms with Gasteiger partial charge in [-0.1, -0.05) is 140 Å². The van der Waals surface area contributed by atoms with Gasteiger partial charge in [0.1, 0.15) is 0 Å². The maximum atomic E-state index is 7.57. The SMILES string of the molecule is [C-]#[N+]c1ccc(N(c2ccc([Si](C)(C)C)cc2)c2ccc3ccc4c(N(c5ccc(C)cc5)c5ccc([Si](C)(C)C)cc5)ccc5ccc2c3c54)cc1. The number of benzene rings is 8. The second kappa shape index (κ2) is 13.1. The van der Waals surface area contributed by atoms with Crippen LogP contribution in [0.2, 0.25) is 39.3 Å². The van der Waals surface area contributed by atoms with Crippen LogP contribution in [0.15, 0.2) is 146 Å². The molecule has 260 valence electrons. The van der Waals surface area contributed by atoms with Crippen molar-refractivity contribution in [3.8, 4) is 0 Å². The summed E-state index contributed by atoms with van der Waals surface area (Å²) in [5.74, 6) is 0. The van der Waals surface area contributed by atoms with Crippen LogP contribution in [0.3, 0.4) is 0 Å². The maximum absolute atomic E-state index is 7.57. The number of hydrogen-bond acceptors (Lipinski definition) is 2. The Kier molecular flexibility index (Phi) is 8.49. The predicted octanol–water partition coefficient (Wildman–Crippen LogP) is 13.5. The molecular weight excluding hydrogens is 675 g/mol. The Hall–Kier alpha value is -5.68. The molecule has 0 bridgehead atoms. The van der Waals surface area contributed by atoms with E-state index in [1.165, 1.54) is 48.3 Å². The van der Waals surface area contributed by atoms with Crippen molar-refractivity contribution in [3.05, 3.63) is 163 Å². The van der Waals surface area contributed by atoms with Crippen LogP contribution in [0.1, 0.15) is 5.56 Å². The van der Waals surface area contributed by atoms with Crippen LogP contribution in [-0.4, -0.2) is 16.1 Å². The molecule has 0 amide bonds. The van der Waals surface area contributed by atoms with Crippen LogP contribution in [-0.2, 0) is 0 Å². The zero-order valence-corrected chi connectivity index (χ0v) is 33.7. The fraction of sp³-hybridized carbons (Fsp3) is 0.146. The molecule has 0 aliphatic carbocycles. The summed E-state index contributed by atoms with van der Waals surface area (Å²) in [6.45, 7) is 24.1. The summed E-state index contributed by atoms with van der Waals surface area (Å²) in [6.07, 6.45) is 0. The second-order valence-electron chi connectivity index (χ2n) is 16.3. The van der Waals surface area contributed by atoms with E-state index >= 15 is 0 Å². The zero-order valence-electron chi connectivity index (χ0n) is 31.7. The second-order valence-corrected chi connectivity index (χ2v) is 26.5. The molecule has 0 aliphatic heterocycles. The van der Waals surface area contributed by atoms with Gasteiger partial charge in [0.15, 0.2) is 5.69 Å². The minimum atomic E-state index is -1.48. The van der Waals surface area contributed by atoms with Gasteiger partial charge in [0.05, 0.1) is 34.1 Å². The molecule has 8 aromatic carbocycles. The van der Waals surface area contributed by atoms with E-state index in [1.54, 1.807) is 0 Å². The summed E-state index contributed by atoms with van der Waals surface area (Å²) in [4.78, 5) is 8.46. The fourth-order valence-corrected chi connectivity index (χ4v) is 9.94. The lowest BCUT2D eigenvalue weighted by Gasteiger charge is -2.30. The number of nitrogens with zero attached hydrogens (tertiary/aromatic N) is 3. The summed E-state index contributed by atoms with van der Waals surface area (Å²) in [7, 11) is -2.94. The third-order valence-electron chi connectivity index (χ3n) is 10.6. The van der Waals surface area contributed by atoms with Gasteiger partial charge in [0, 0.05) is 33.5 Å². The topological polar surface area (TPSA) is 10.8 Å². The van der Waals surface area contributed by atoms with E-state index in [0.717, 1.165) is 34.1 Å². The van der Waals surface area contributed by atoms with E-state index in [1.807, 2.05) is 12.1 Å². The molecule has 0 saturated heterocycles. The quantitative estimate of drug-likeness (QED) is 0.0879. The molecule has 0 radical (unpaired) electrons. The Morgan fingerprint density at radius 1 is 0.415 bits per heavy atom. The zero-order chi connectivity index (χ0) is 37.1.